The number of carbonyl (C=O) groups excluding carboxylic acids is 4. The highest BCUT2D eigenvalue weighted by atomic mass is 16.1. The zero-order chi connectivity index (χ0) is 19.4. The zero-order valence-electron chi connectivity index (χ0n) is 15.2. The number of hydrogen-bond donors (Lipinski definition) is 0. The lowest BCUT2D eigenvalue weighted by Gasteiger charge is -2.25. The minimum atomic E-state index is -0.352. The SMILES string of the molecule is CC(CCCCN=C=O)C(C)(C)N=C=O.O=C=NCCCCN=C=O. The van der Waals surface area contributed by atoms with Crippen molar-refractivity contribution < 1.29 is 19.2 Å². The molecule has 0 aromatic rings. The first-order valence-electron chi connectivity index (χ1n) is 8.16. The van der Waals surface area contributed by atoms with E-state index < -0.39 is 0 Å². The first-order valence-corrected chi connectivity index (χ1v) is 8.16. The average molecular weight is 350 g/mol. The normalized spacial score (nSPS) is 10.5. The molecule has 0 saturated heterocycles. The summed E-state index contributed by atoms with van der Waals surface area (Å²) in [6.45, 7) is 7.38. The molecule has 0 bridgehead atoms. The van der Waals surface area contributed by atoms with Crippen molar-refractivity contribution in [3.05, 3.63) is 0 Å². The van der Waals surface area contributed by atoms with Gasteiger partial charge in [0.1, 0.15) is 0 Å². The Kier molecular flexibility index (Phi) is 17.7. The van der Waals surface area contributed by atoms with Crippen molar-refractivity contribution in [1.29, 1.82) is 0 Å². The van der Waals surface area contributed by atoms with Gasteiger partial charge in [-0.05, 0) is 45.4 Å². The van der Waals surface area contributed by atoms with Crippen LogP contribution in [0.25, 0.3) is 0 Å². The first kappa shape index (κ1) is 24.8. The van der Waals surface area contributed by atoms with Crippen LogP contribution in [0.5, 0.6) is 0 Å². The molecule has 0 spiro atoms. The Morgan fingerprint density at radius 2 is 1.12 bits per heavy atom. The summed E-state index contributed by atoms with van der Waals surface area (Å²) in [7, 11) is 0. The summed E-state index contributed by atoms with van der Waals surface area (Å²) in [4.78, 5) is 52.9. The molecule has 0 aliphatic rings. The topological polar surface area (TPSA) is 118 Å². The van der Waals surface area contributed by atoms with E-state index in [0.29, 0.717) is 25.6 Å². The predicted molar refractivity (Wildman–Crippen MR) is 93.4 cm³/mol. The van der Waals surface area contributed by atoms with Gasteiger partial charge >= 0.3 is 0 Å². The van der Waals surface area contributed by atoms with Crippen LogP contribution in [0.3, 0.4) is 0 Å². The fraction of sp³-hybridized carbons (Fsp3) is 0.765. The highest BCUT2D eigenvalue weighted by Crippen LogP contribution is 2.25. The molecule has 0 amide bonds. The van der Waals surface area contributed by atoms with E-state index in [2.05, 4.69) is 26.9 Å². The minimum absolute atomic E-state index is 0.319. The van der Waals surface area contributed by atoms with E-state index in [1.165, 1.54) is 18.2 Å². The van der Waals surface area contributed by atoms with Gasteiger partial charge in [0.25, 0.3) is 0 Å². The number of hydrogen-bond acceptors (Lipinski definition) is 8. The Labute approximate surface area is 148 Å². The third-order valence-corrected chi connectivity index (χ3v) is 3.68. The maximum atomic E-state index is 10.2. The summed E-state index contributed by atoms with van der Waals surface area (Å²) < 4.78 is 0. The lowest BCUT2D eigenvalue weighted by molar-refractivity contribution is 0.320. The Bertz CT molecular complexity index is 517. The summed E-state index contributed by atoms with van der Waals surface area (Å²) in [5, 5.41) is 0. The van der Waals surface area contributed by atoms with Crippen LogP contribution in [0, 0.1) is 5.92 Å². The van der Waals surface area contributed by atoms with Gasteiger partial charge in [0.2, 0.25) is 24.3 Å². The van der Waals surface area contributed by atoms with Gasteiger partial charge in [-0.2, -0.15) is 4.99 Å². The second-order valence-electron chi connectivity index (χ2n) is 5.88. The van der Waals surface area contributed by atoms with Gasteiger partial charge < -0.3 is 0 Å². The van der Waals surface area contributed by atoms with Crippen molar-refractivity contribution >= 4 is 24.3 Å². The van der Waals surface area contributed by atoms with E-state index in [9.17, 15) is 19.2 Å². The average Bonchev–Trinajstić information content (AvgIpc) is 2.58. The van der Waals surface area contributed by atoms with Gasteiger partial charge in [-0.15, -0.1) is 0 Å². The van der Waals surface area contributed by atoms with Gasteiger partial charge in [0.05, 0.1) is 25.2 Å². The van der Waals surface area contributed by atoms with Crippen molar-refractivity contribution in [2.45, 2.75) is 58.4 Å². The van der Waals surface area contributed by atoms with Crippen molar-refractivity contribution in [1.82, 2.24) is 0 Å². The molecule has 25 heavy (non-hydrogen) atoms. The molecule has 0 heterocycles. The summed E-state index contributed by atoms with van der Waals surface area (Å²) in [5.41, 5.74) is -0.352. The number of aliphatic imine (C=N–C) groups is 4. The summed E-state index contributed by atoms with van der Waals surface area (Å²) in [5.74, 6) is 0.319. The van der Waals surface area contributed by atoms with Gasteiger partial charge in [-0.1, -0.05) is 13.3 Å². The number of rotatable bonds is 12. The predicted octanol–water partition coefficient (Wildman–Crippen LogP) is 2.68. The largest absolute Gasteiger partial charge is 0.235 e. The molecule has 0 fully saturated rings. The van der Waals surface area contributed by atoms with Crippen LogP contribution in [0.15, 0.2) is 20.0 Å². The minimum Gasteiger partial charge on any atom is -0.211 e. The van der Waals surface area contributed by atoms with E-state index in [4.69, 9.17) is 0 Å². The number of isocyanates is 4. The van der Waals surface area contributed by atoms with Crippen LogP contribution >= 0.6 is 0 Å². The molecule has 0 aromatic heterocycles. The van der Waals surface area contributed by atoms with Crippen LogP contribution in [0.2, 0.25) is 0 Å². The Hall–Kier alpha value is -2.48. The van der Waals surface area contributed by atoms with Gasteiger partial charge in [-0.3, -0.25) is 0 Å². The van der Waals surface area contributed by atoms with Crippen LogP contribution in [0.1, 0.15) is 52.9 Å². The van der Waals surface area contributed by atoms with E-state index in [1.54, 1.807) is 6.08 Å². The molecule has 0 N–H and O–H groups in total. The van der Waals surface area contributed by atoms with Crippen LogP contribution in [-0.2, 0) is 19.2 Å². The van der Waals surface area contributed by atoms with Crippen LogP contribution < -0.4 is 0 Å². The fourth-order valence-electron chi connectivity index (χ4n) is 1.74. The Morgan fingerprint density at radius 3 is 1.48 bits per heavy atom. The summed E-state index contributed by atoms with van der Waals surface area (Å²) >= 11 is 0. The zero-order valence-corrected chi connectivity index (χ0v) is 15.2. The summed E-state index contributed by atoms with van der Waals surface area (Å²) in [6, 6.07) is 0. The maximum Gasteiger partial charge on any atom is 0.235 e. The molecular formula is C17H26N4O4. The molecule has 0 saturated carbocycles. The van der Waals surface area contributed by atoms with Crippen molar-refractivity contribution in [2.24, 2.45) is 25.9 Å². The van der Waals surface area contributed by atoms with Gasteiger partial charge in [0.15, 0.2) is 0 Å². The van der Waals surface area contributed by atoms with E-state index >= 15 is 0 Å². The lowest BCUT2D eigenvalue weighted by atomic mass is 9.86. The smallest absolute Gasteiger partial charge is 0.211 e. The molecule has 8 heteroatoms. The lowest BCUT2D eigenvalue weighted by Crippen LogP contribution is -2.26. The summed E-state index contributed by atoms with van der Waals surface area (Å²) in [6.07, 6.45) is 10.3. The Balaban J connectivity index is 0. The second-order valence-corrected chi connectivity index (χ2v) is 5.88. The molecule has 1 atom stereocenters. The number of nitrogens with zero attached hydrogens (tertiary/aromatic N) is 4. The molecule has 0 radical (unpaired) electrons. The molecule has 0 aliphatic heterocycles. The fourth-order valence-corrected chi connectivity index (χ4v) is 1.74. The van der Waals surface area contributed by atoms with E-state index in [-0.39, 0.29) is 5.54 Å². The molecule has 0 aliphatic carbocycles. The highest BCUT2D eigenvalue weighted by Gasteiger charge is 2.24. The van der Waals surface area contributed by atoms with Gasteiger partial charge in [0, 0.05) is 0 Å². The van der Waals surface area contributed by atoms with Crippen LogP contribution in [-0.4, -0.2) is 49.5 Å². The van der Waals surface area contributed by atoms with Crippen LogP contribution in [0.4, 0.5) is 0 Å². The molecule has 0 aromatic carbocycles. The Morgan fingerprint density at radius 1 is 0.720 bits per heavy atom. The van der Waals surface area contributed by atoms with Gasteiger partial charge in [-0.25, -0.2) is 34.2 Å². The second kappa shape index (κ2) is 17.9. The third-order valence-electron chi connectivity index (χ3n) is 3.68. The highest BCUT2D eigenvalue weighted by molar-refractivity contribution is 5.34. The van der Waals surface area contributed by atoms with E-state index in [1.807, 2.05) is 13.8 Å². The number of unbranched alkanes of at least 4 members (excludes halogenated alkanes) is 2. The molecule has 1 unspecified atom stereocenters. The monoisotopic (exact) mass is 350 g/mol. The van der Waals surface area contributed by atoms with Crippen molar-refractivity contribution in [3.63, 3.8) is 0 Å². The molecule has 138 valence electrons. The van der Waals surface area contributed by atoms with E-state index in [0.717, 1.165) is 32.1 Å². The molecule has 0 rings (SSSR count). The molecular weight excluding hydrogens is 324 g/mol. The third kappa shape index (κ3) is 17.7. The molecule has 8 nitrogen and oxygen atoms in total. The standard InChI is InChI=1S/C11H18N2O2.C6H8N2O2/c1-10(11(2,3)13-9-15)6-4-5-7-12-8-14;9-5-7-3-1-2-4-8-6-10/h10H,4-7H2,1-3H3;1-4H2. The van der Waals surface area contributed by atoms with Crippen molar-refractivity contribution in [2.75, 3.05) is 19.6 Å². The maximum absolute atomic E-state index is 10.2. The quantitative estimate of drug-likeness (QED) is 0.305. The first-order chi connectivity index (χ1) is 12.0. The van der Waals surface area contributed by atoms with Crippen molar-refractivity contribution in [3.8, 4) is 0 Å².